The maximum Gasteiger partial charge on any atom is 0.274 e. The van der Waals surface area contributed by atoms with Gasteiger partial charge in [-0.1, -0.05) is 0 Å². The average molecular weight is 203 g/mol. The van der Waals surface area contributed by atoms with E-state index < -0.39 is 10.1 Å². The standard InChI is InChI=1S/C6H9N3O3S/c1-2-12-13(10,11)5-6-7-3-4-8-9-6/h3-4H,2,5H2,1H3. The highest BCUT2D eigenvalue weighted by atomic mass is 32.2. The van der Waals surface area contributed by atoms with E-state index in [0.717, 1.165) is 0 Å². The first kappa shape index (κ1) is 10.0. The molecule has 72 valence electrons. The van der Waals surface area contributed by atoms with Gasteiger partial charge in [-0.15, -0.1) is 5.10 Å². The van der Waals surface area contributed by atoms with Crippen LogP contribution in [0, 0.1) is 0 Å². The quantitative estimate of drug-likeness (QED) is 0.627. The lowest BCUT2D eigenvalue weighted by Crippen LogP contribution is -2.11. The van der Waals surface area contributed by atoms with E-state index in [1.54, 1.807) is 6.92 Å². The van der Waals surface area contributed by atoms with E-state index in [2.05, 4.69) is 19.4 Å². The van der Waals surface area contributed by atoms with Gasteiger partial charge in [0.1, 0.15) is 5.75 Å². The van der Waals surface area contributed by atoms with Gasteiger partial charge in [-0.2, -0.15) is 13.5 Å². The molecule has 7 heteroatoms. The first-order chi connectivity index (χ1) is 6.14. The van der Waals surface area contributed by atoms with Crippen LogP contribution in [0.3, 0.4) is 0 Å². The maximum absolute atomic E-state index is 11.1. The molecule has 0 saturated heterocycles. The van der Waals surface area contributed by atoms with Gasteiger partial charge in [-0.05, 0) is 6.92 Å². The molecule has 0 bridgehead atoms. The zero-order chi connectivity index (χ0) is 9.73. The minimum absolute atomic E-state index is 0.114. The Labute approximate surface area is 76.1 Å². The van der Waals surface area contributed by atoms with Crippen LogP contribution in [0.4, 0.5) is 0 Å². The number of aromatic nitrogens is 3. The van der Waals surface area contributed by atoms with Crippen molar-refractivity contribution in [3.63, 3.8) is 0 Å². The van der Waals surface area contributed by atoms with Gasteiger partial charge >= 0.3 is 0 Å². The predicted octanol–water partition coefficient (Wildman–Crippen LogP) is -0.262. The molecule has 0 unspecified atom stereocenters. The average Bonchev–Trinajstić information content (AvgIpc) is 2.04. The zero-order valence-electron chi connectivity index (χ0n) is 7.04. The predicted molar refractivity (Wildman–Crippen MR) is 44.1 cm³/mol. The zero-order valence-corrected chi connectivity index (χ0v) is 7.86. The Hall–Kier alpha value is -1.08. The van der Waals surface area contributed by atoms with Crippen LogP contribution in [0.15, 0.2) is 12.4 Å². The van der Waals surface area contributed by atoms with Gasteiger partial charge in [0.2, 0.25) is 0 Å². The summed E-state index contributed by atoms with van der Waals surface area (Å²) in [5, 5.41) is 7.02. The van der Waals surface area contributed by atoms with E-state index >= 15 is 0 Å². The molecule has 13 heavy (non-hydrogen) atoms. The van der Waals surface area contributed by atoms with Crippen LogP contribution in [0.2, 0.25) is 0 Å². The second kappa shape index (κ2) is 4.24. The largest absolute Gasteiger partial charge is 0.274 e. The molecule has 0 saturated carbocycles. The summed E-state index contributed by atoms with van der Waals surface area (Å²) in [6, 6.07) is 0. The van der Waals surface area contributed by atoms with Crippen molar-refractivity contribution in [1.29, 1.82) is 0 Å². The molecule has 1 heterocycles. The van der Waals surface area contributed by atoms with E-state index in [0.29, 0.717) is 0 Å². The molecule has 0 aliphatic heterocycles. The number of hydrogen-bond donors (Lipinski definition) is 0. The van der Waals surface area contributed by atoms with Crippen molar-refractivity contribution in [2.24, 2.45) is 0 Å². The van der Waals surface area contributed by atoms with Crippen LogP contribution in [0.5, 0.6) is 0 Å². The Morgan fingerprint density at radius 2 is 2.23 bits per heavy atom. The second-order valence-electron chi connectivity index (χ2n) is 2.17. The van der Waals surface area contributed by atoms with E-state index in [-0.39, 0.29) is 18.2 Å². The van der Waals surface area contributed by atoms with Crippen molar-refractivity contribution in [3.8, 4) is 0 Å². The first-order valence-electron chi connectivity index (χ1n) is 3.63. The lowest BCUT2D eigenvalue weighted by Gasteiger charge is -2.00. The van der Waals surface area contributed by atoms with Crippen molar-refractivity contribution in [2.75, 3.05) is 6.61 Å². The normalized spacial score (nSPS) is 11.5. The van der Waals surface area contributed by atoms with E-state index in [1.807, 2.05) is 0 Å². The summed E-state index contributed by atoms with van der Waals surface area (Å²) in [5.41, 5.74) is 0. The van der Waals surface area contributed by atoms with Crippen LogP contribution in [-0.4, -0.2) is 30.2 Å². The topological polar surface area (TPSA) is 82.0 Å². The fourth-order valence-electron chi connectivity index (χ4n) is 0.720. The third-order valence-corrected chi connectivity index (χ3v) is 2.34. The number of nitrogens with zero attached hydrogens (tertiary/aromatic N) is 3. The molecule has 0 aliphatic carbocycles. The van der Waals surface area contributed by atoms with Crippen LogP contribution in [0.25, 0.3) is 0 Å². The molecule has 0 radical (unpaired) electrons. The highest BCUT2D eigenvalue weighted by Crippen LogP contribution is 2.00. The lowest BCUT2D eigenvalue weighted by molar-refractivity contribution is 0.336. The summed E-state index contributed by atoms with van der Waals surface area (Å²) in [5.74, 6) is -0.203. The molecule has 0 N–H and O–H groups in total. The van der Waals surface area contributed by atoms with Gasteiger partial charge < -0.3 is 0 Å². The summed E-state index contributed by atoms with van der Waals surface area (Å²) < 4.78 is 26.6. The van der Waals surface area contributed by atoms with Crippen molar-refractivity contribution in [1.82, 2.24) is 15.2 Å². The fourth-order valence-corrected chi connectivity index (χ4v) is 1.61. The van der Waals surface area contributed by atoms with Crippen molar-refractivity contribution in [2.45, 2.75) is 12.7 Å². The lowest BCUT2D eigenvalue weighted by atomic mass is 10.7. The van der Waals surface area contributed by atoms with Crippen LogP contribution in [0.1, 0.15) is 12.7 Å². The smallest absolute Gasteiger partial charge is 0.270 e. The molecule has 1 rings (SSSR count). The molecule has 0 fully saturated rings. The molecule has 1 aromatic heterocycles. The summed E-state index contributed by atoms with van der Waals surface area (Å²) >= 11 is 0. The Morgan fingerprint density at radius 3 is 2.77 bits per heavy atom. The van der Waals surface area contributed by atoms with Gasteiger partial charge in [-0.25, -0.2) is 4.98 Å². The molecule has 6 nitrogen and oxygen atoms in total. The molecule has 0 atom stereocenters. The minimum atomic E-state index is -3.55. The fraction of sp³-hybridized carbons (Fsp3) is 0.500. The Morgan fingerprint density at radius 1 is 1.46 bits per heavy atom. The third-order valence-electron chi connectivity index (χ3n) is 1.13. The molecule has 0 amide bonds. The first-order valence-corrected chi connectivity index (χ1v) is 5.21. The monoisotopic (exact) mass is 203 g/mol. The molecule has 1 aromatic rings. The number of rotatable bonds is 4. The SMILES string of the molecule is CCOS(=O)(=O)Cc1nccnn1. The highest BCUT2D eigenvalue weighted by molar-refractivity contribution is 7.85. The van der Waals surface area contributed by atoms with Crippen molar-refractivity contribution >= 4 is 10.1 Å². The maximum atomic E-state index is 11.1. The summed E-state index contributed by atoms with van der Waals surface area (Å²) in [4.78, 5) is 3.71. The third kappa shape index (κ3) is 3.43. The van der Waals surface area contributed by atoms with Crippen molar-refractivity contribution < 1.29 is 12.6 Å². The van der Waals surface area contributed by atoms with Gasteiger partial charge in [0, 0.05) is 6.20 Å². The second-order valence-corrected chi connectivity index (χ2v) is 3.81. The molecular formula is C6H9N3O3S. The molecule has 0 aliphatic rings. The van der Waals surface area contributed by atoms with E-state index in [1.165, 1.54) is 12.4 Å². The van der Waals surface area contributed by atoms with Crippen LogP contribution >= 0.6 is 0 Å². The summed E-state index contributed by atoms with van der Waals surface area (Å²) in [6.45, 7) is 1.71. The number of hydrogen-bond acceptors (Lipinski definition) is 6. The van der Waals surface area contributed by atoms with Gasteiger partial charge in [-0.3, -0.25) is 4.18 Å². The van der Waals surface area contributed by atoms with E-state index in [9.17, 15) is 8.42 Å². The summed E-state index contributed by atoms with van der Waals surface area (Å²) in [7, 11) is -3.55. The van der Waals surface area contributed by atoms with Gasteiger partial charge in [0.05, 0.1) is 12.8 Å². The molecular weight excluding hydrogens is 194 g/mol. The molecule has 0 aromatic carbocycles. The summed E-state index contributed by atoms with van der Waals surface area (Å²) in [6.07, 6.45) is 2.75. The Balaban J connectivity index is 2.70. The minimum Gasteiger partial charge on any atom is -0.270 e. The highest BCUT2D eigenvalue weighted by Gasteiger charge is 2.13. The van der Waals surface area contributed by atoms with Gasteiger partial charge in [0.15, 0.2) is 5.82 Å². The molecule has 0 spiro atoms. The van der Waals surface area contributed by atoms with Crippen LogP contribution < -0.4 is 0 Å². The Bertz CT molecular complexity index is 351. The van der Waals surface area contributed by atoms with Gasteiger partial charge in [0.25, 0.3) is 10.1 Å². The van der Waals surface area contributed by atoms with Crippen LogP contribution in [-0.2, 0) is 20.1 Å². The van der Waals surface area contributed by atoms with E-state index in [4.69, 9.17) is 0 Å². The van der Waals surface area contributed by atoms with Crippen molar-refractivity contribution in [3.05, 3.63) is 18.2 Å². The Kier molecular flexibility index (Phi) is 3.26.